The van der Waals surface area contributed by atoms with E-state index in [1.54, 1.807) is 4.90 Å². The lowest BCUT2D eigenvalue weighted by Gasteiger charge is -2.37. The number of rotatable bonds is 7. The van der Waals surface area contributed by atoms with Gasteiger partial charge in [0.15, 0.2) is 0 Å². The molecular formula is C24H27N3O3. The first-order valence-electron chi connectivity index (χ1n) is 10.6. The number of amides is 1. The van der Waals surface area contributed by atoms with Gasteiger partial charge in [-0.05, 0) is 54.4 Å². The fourth-order valence-electron chi connectivity index (χ4n) is 4.37. The Balaban J connectivity index is 1.43. The van der Waals surface area contributed by atoms with E-state index in [0.29, 0.717) is 18.5 Å². The van der Waals surface area contributed by atoms with Crippen molar-refractivity contribution in [2.75, 3.05) is 36.0 Å². The number of fused-ring (bicyclic) bond motifs is 1. The number of nitrogens with zero attached hydrogens (tertiary/aromatic N) is 3. The first-order chi connectivity index (χ1) is 14.6. The number of hydrogen-bond donors (Lipinski definition) is 0. The van der Waals surface area contributed by atoms with Gasteiger partial charge in [-0.25, -0.2) is 0 Å². The molecule has 0 spiro atoms. The van der Waals surface area contributed by atoms with Gasteiger partial charge in [0.25, 0.3) is 5.91 Å². The van der Waals surface area contributed by atoms with Crippen molar-refractivity contribution >= 4 is 29.9 Å². The lowest BCUT2D eigenvalue weighted by atomic mass is 10.1. The normalized spacial score (nSPS) is 17.1. The van der Waals surface area contributed by atoms with Gasteiger partial charge >= 0.3 is 0 Å². The molecule has 1 unspecified atom stereocenters. The number of piperazine rings is 1. The van der Waals surface area contributed by atoms with Gasteiger partial charge in [0.1, 0.15) is 12.6 Å². The molecule has 2 aromatic rings. The molecule has 2 aliphatic rings. The van der Waals surface area contributed by atoms with Gasteiger partial charge in [-0.3, -0.25) is 9.59 Å². The summed E-state index contributed by atoms with van der Waals surface area (Å²) in [5, 5.41) is 0. The van der Waals surface area contributed by atoms with Gasteiger partial charge in [-0.15, -0.1) is 0 Å². The predicted molar refractivity (Wildman–Crippen MR) is 117 cm³/mol. The van der Waals surface area contributed by atoms with Crippen LogP contribution in [0.25, 0.3) is 0 Å². The third kappa shape index (κ3) is 3.82. The largest absolute Gasteiger partial charge is 0.368 e. The molecule has 0 aromatic heterocycles. The molecule has 0 radical (unpaired) electrons. The molecule has 6 nitrogen and oxygen atoms in total. The molecule has 0 bridgehead atoms. The Morgan fingerprint density at radius 3 is 2.17 bits per heavy atom. The van der Waals surface area contributed by atoms with Crippen LogP contribution in [0.2, 0.25) is 0 Å². The maximum atomic E-state index is 12.7. The summed E-state index contributed by atoms with van der Waals surface area (Å²) in [6, 6.07) is 13.4. The van der Waals surface area contributed by atoms with Gasteiger partial charge in [0.2, 0.25) is 0 Å². The second-order valence-electron chi connectivity index (χ2n) is 7.95. The first-order valence-corrected chi connectivity index (χ1v) is 10.6. The SMILES string of the molecule is CCCC(C=O)N1Cc2cc(N3CCN(c4ccc(C=O)cc4)CC3)ccc2C1=O. The molecular weight excluding hydrogens is 378 g/mol. The second-order valence-corrected chi connectivity index (χ2v) is 7.95. The minimum Gasteiger partial charge on any atom is -0.368 e. The minimum absolute atomic E-state index is 0.0364. The van der Waals surface area contributed by atoms with Crippen LogP contribution in [0.4, 0.5) is 11.4 Å². The van der Waals surface area contributed by atoms with Gasteiger partial charge in [0.05, 0.1) is 6.04 Å². The third-order valence-corrected chi connectivity index (χ3v) is 6.10. The van der Waals surface area contributed by atoms with Crippen LogP contribution in [0.1, 0.15) is 46.0 Å². The lowest BCUT2D eigenvalue weighted by Crippen LogP contribution is -2.46. The zero-order chi connectivity index (χ0) is 21.1. The monoisotopic (exact) mass is 405 g/mol. The number of aldehydes is 2. The molecule has 1 atom stereocenters. The van der Waals surface area contributed by atoms with Crippen molar-refractivity contribution in [2.45, 2.75) is 32.4 Å². The van der Waals surface area contributed by atoms with E-state index in [-0.39, 0.29) is 11.9 Å². The molecule has 2 heterocycles. The highest BCUT2D eigenvalue weighted by Crippen LogP contribution is 2.30. The minimum atomic E-state index is -0.340. The average molecular weight is 405 g/mol. The molecule has 156 valence electrons. The van der Waals surface area contributed by atoms with Crippen LogP contribution in [0, 0.1) is 0 Å². The predicted octanol–water partition coefficient (Wildman–Crippen LogP) is 3.15. The van der Waals surface area contributed by atoms with E-state index in [9.17, 15) is 14.4 Å². The Morgan fingerprint density at radius 1 is 0.933 bits per heavy atom. The van der Waals surface area contributed by atoms with Crippen molar-refractivity contribution in [3.05, 3.63) is 59.2 Å². The zero-order valence-electron chi connectivity index (χ0n) is 17.3. The number of carbonyl (C=O) groups excluding carboxylic acids is 3. The molecule has 0 N–H and O–H groups in total. The summed E-state index contributed by atoms with van der Waals surface area (Å²) in [7, 11) is 0. The first kappa shape index (κ1) is 20.1. The van der Waals surface area contributed by atoms with E-state index in [1.807, 2.05) is 43.3 Å². The van der Waals surface area contributed by atoms with E-state index in [0.717, 1.165) is 67.7 Å². The Bertz CT molecular complexity index is 933. The average Bonchev–Trinajstić information content (AvgIpc) is 3.13. The summed E-state index contributed by atoms with van der Waals surface area (Å²) >= 11 is 0. The highest BCUT2D eigenvalue weighted by atomic mass is 16.2. The van der Waals surface area contributed by atoms with Crippen LogP contribution in [0.3, 0.4) is 0 Å². The molecule has 6 heteroatoms. The number of hydrogen-bond acceptors (Lipinski definition) is 5. The fourth-order valence-corrected chi connectivity index (χ4v) is 4.37. The van der Waals surface area contributed by atoms with E-state index in [4.69, 9.17) is 0 Å². The van der Waals surface area contributed by atoms with E-state index >= 15 is 0 Å². The molecule has 2 aromatic carbocycles. The topological polar surface area (TPSA) is 60.9 Å². The van der Waals surface area contributed by atoms with Crippen LogP contribution >= 0.6 is 0 Å². The van der Waals surface area contributed by atoms with Crippen molar-refractivity contribution < 1.29 is 14.4 Å². The lowest BCUT2D eigenvalue weighted by molar-refractivity contribution is -0.112. The van der Waals surface area contributed by atoms with Crippen molar-refractivity contribution in [1.29, 1.82) is 0 Å². The van der Waals surface area contributed by atoms with Crippen molar-refractivity contribution in [1.82, 2.24) is 4.90 Å². The maximum absolute atomic E-state index is 12.7. The molecule has 4 rings (SSSR count). The van der Waals surface area contributed by atoms with Crippen molar-refractivity contribution in [3.8, 4) is 0 Å². The summed E-state index contributed by atoms with van der Waals surface area (Å²) < 4.78 is 0. The van der Waals surface area contributed by atoms with E-state index in [2.05, 4.69) is 15.9 Å². The Kier molecular flexibility index (Phi) is 5.84. The summed E-state index contributed by atoms with van der Waals surface area (Å²) in [6.45, 7) is 6.10. The molecule has 1 amide bonds. The van der Waals surface area contributed by atoms with Crippen molar-refractivity contribution in [3.63, 3.8) is 0 Å². The Labute approximate surface area is 177 Å². The van der Waals surface area contributed by atoms with Crippen molar-refractivity contribution in [2.24, 2.45) is 0 Å². The summed E-state index contributed by atoms with van der Waals surface area (Å²) in [6.07, 6.45) is 3.33. The summed E-state index contributed by atoms with van der Waals surface area (Å²) in [4.78, 5) is 41.4. The standard InChI is InChI=1S/C24H27N3O3/c1-2-3-22(17-29)27-15-19-14-21(8-9-23(19)24(27)30)26-12-10-25(11-13-26)20-6-4-18(16-28)5-7-20/h4-9,14,16-17,22H,2-3,10-13,15H2,1H3. The van der Waals surface area contributed by atoms with Crippen LogP contribution in [-0.2, 0) is 11.3 Å². The summed E-state index contributed by atoms with van der Waals surface area (Å²) in [5.41, 5.74) is 4.67. The molecule has 2 aliphatic heterocycles. The second kappa shape index (κ2) is 8.69. The molecule has 1 saturated heterocycles. The van der Waals surface area contributed by atoms with Gasteiger partial charge in [-0.2, -0.15) is 0 Å². The smallest absolute Gasteiger partial charge is 0.255 e. The van der Waals surface area contributed by atoms with Crippen LogP contribution in [0.15, 0.2) is 42.5 Å². The van der Waals surface area contributed by atoms with E-state index in [1.165, 1.54) is 0 Å². The number of carbonyl (C=O) groups is 3. The summed E-state index contributed by atoms with van der Waals surface area (Å²) in [5.74, 6) is -0.0364. The van der Waals surface area contributed by atoms with E-state index < -0.39 is 0 Å². The Hall–Kier alpha value is -3.15. The molecule has 1 fully saturated rings. The van der Waals surface area contributed by atoms with Gasteiger partial charge < -0.3 is 19.5 Å². The Morgan fingerprint density at radius 2 is 1.57 bits per heavy atom. The molecule has 30 heavy (non-hydrogen) atoms. The number of anilines is 2. The highest BCUT2D eigenvalue weighted by Gasteiger charge is 2.32. The maximum Gasteiger partial charge on any atom is 0.255 e. The van der Waals surface area contributed by atoms with Crippen LogP contribution < -0.4 is 9.80 Å². The number of benzene rings is 2. The molecule has 0 saturated carbocycles. The van der Waals surface area contributed by atoms with Gasteiger partial charge in [-0.1, -0.05) is 13.3 Å². The zero-order valence-corrected chi connectivity index (χ0v) is 17.3. The van der Waals surface area contributed by atoms with Crippen LogP contribution in [-0.4, -0.2) is 55.6 Å². The highest BCUT2D eigenvalue weighted by molar-refractivity contribution is 6.00. The fraction of sp³-hybridized carbons (Fsp3) is 0.375. The van der Waals surface area contributed by atoms with Gasteiger partial charge in [0, 0.05) is 55.2 Å². The third-order valence-electron chi connectivity index (χ3n) is 6.10. The molecule has 0 aliphatic carbocycles. The quantitative estimate of drug-likeness (QED) is 0.663. The van der Waals surface area contributed by atoms with Crippen LogP contribution in [0.5, 0.6) is 0 Å².